The molecule has 5 heteroatoms. The molecule has 2 aromatic heterocycles. The molecule has 0 aliphatic carbocycles. The lowest BCUT2D eigenvalue weighted by molar-refractivity contribution is 0.617. The van der Waals surface area contributed by atoms with E-state index >= 15 is 0 Å². The number of rotatable bonds is 3. The highest BCUT2D eigenvalue weighted by molar-refractivity contribution is 5.39. The summed E-state index contributed by atoms with van der Waals surface area (Å²) in [5, 5.41) is 8.32. The fourth-order valence-corrected chi connectivity index (χ4v) is 1.81. The maximum absolute atomic E-state index is 5.93. The molecule has 1 unspecified atom stereocenters. The summed E-state index contributed by atoms with van der Waals surface area (Å²) in [7, 11) is 0. The van der Waals surface area contributed by atoms with E-state index in [1.165, 1.54) is 0 Å². The van der Waals surface area contributed by atoms with Gasteiger partial charge in [-0.15, -0.1) is 10.2 Å². The molecule has 0 aromatic carbocycles. The van der Waals surface area contributed by atoms with Crippen molar-refractivity contribution in [2.24, 2.45) is 5.73 Å². The zero-order chi connectivity index (χ0) is 11.7. The third-order valence-corrected chi connectivity index (χ3v) is 2.72. The van der Waals surface area contributed by atoms with Crippen LogP contribution in [0.5, 0.6) is 0 Å². The normalized spacial score (nSPS) is 13.2. The van der Waals surface area contributed by atoms with E-state index in [0.29, 0.717) is 0 Å². The Bertz CT molecular complexity index is 502. The molecule has 0 amide bonds. The number of fused-ring (bicyclic) bond motifs is 1. The van der Waals surface area contributed by atoms with Crippen LogP contribution in [0.15, 0.2) is 6.07 Å². The number of aromatic nitrogens is 4. The highest BCUT2D eigenvalue weighted by Gasteiger charge is 2.11. The van der Waals surface area contributed by atoms with Gasteiger partial charge in [-0.25, -0.2) is 4.98 Å². The van der Waals surface area contributed by atoms with E-state index in [4.69, 9.17) is 5.73 Å². The topological polar surface area (TPSA) is 69.1 Å². The number of hydrogen-bond donors (Lipinski definition) is 1. The van der Waals surface area contributed by atoms with Crippen LogP contribution in [0.3, 0.4) is 0 Å². The number of nitrogens with two attached hydrogens (primary N) is 1. The molecule has 2 N–H and O–H groups in total. The van der Waals surface area contributed by atoms with Gasteiger partial charge in [0.25, 0.3) is 0 Å². The average molecular weight is 219 g/mol. The molecule has 0 bridgehead atoms. The van der Waals surface area contributed by atoms with Crippen molar-refractivity contribution in [1.29, 1.82) is 0 Å². The first-order valence-electron chi connectivity index (χ1n) is 5.55. The van der Waals surface area contributed by atoms with Gasteiger partial charge in [-0.1, -0.05) is 6.92 Å². The van der Waals surface area contributed by atoms with Gasteiger partial charge in [0, 0.05) is 24.2 Å². The van der Waals surface area contributed by atoms with E-state index in [1.807, 2.05) is 24.3 Å². The van der Waals surface area contributed by atoms with Crippen LogP contribution in [0.25, 0.3) is 5.65 Å². The van der Waals surface area contributed by atoms with Gasteiger partial charge in [-0.05, 0) is 20.3 Å². The first-order valence-corrected chi connectivity index (χ1v) is 5.55. The molecule has 0 radical (unpaired) electrons. The van der Waals surface area contributed by atoms with Crippen LogP contribution >= 0.6 is 0 Å². The van der Waals surface area contributed by atoms with Crippen molar-refractivity contribution in [3.63, 3.8) is 0 Å². The molecular formula is C11H17N5. The molecule has 86 valence electrons. The van der Waals surface area contributed by atoms with Gasteiger partial charge >= 0.3 is 0 Å². The Morgan fingerprint density at radius 3 is 2.81 bits per heavy atom. The zero-order valence-corrected chi connectivity index (χ0v) is 9.94. The summed E-state index contributed by atoms with van der Waals surface area (Å²) in [5.74, 6) is 1.81. The number of nitrogens with zero attached hydrogens (tertiary/aromatic N) is 4. The highest BCUT2D eigenvalue weighted by atomic mass is 15.3. The Labute approximate surface area is 94.7 Å². The van der Waals surface area contributed by atoms with Gasteiger partial charge in [-0.3, -0.25) is 4.40 Å². The van der Waals surface area contributed by atoms with Crippen LogP contribution in [0.2, 0.25) is 0 Å². The SMILES string of the molecule is CCC(N)Cc1nnc2cc(C)nc(C)n12. The summed E-state index contributed by atoms with van der Waals surface area (Å²) < 4.78 is 1.97. The molecule has 0 fully saturated rings. The van der Waals surface area contributed by atoms with Crippen molar-refractivity contribution in [1.82, 2.24) is 19.6 Å². The molecule has 0 aliphatic heterocycles. The Kier molecular flexibility index (Phi) is 2.87. The second kappa shape index (κ2) is 4.17. The van der Waals surface area contributed by atoms with Crippen molar-refractivity contribution >= 4 is 5.65 Å². The fraction of sp³-hybridized carbons (Fsp3) is 0.545. The van der Waals surface area contributed by atoms with E-state index in [1.54, 1.807) is 0 Å². The number of aryl methyl sites for hydroxylation is 2. The lowest BCUT2D eigenvalue weighted by atomic mass is 10.1. The van der Waals surface area contributed by atoms with Gasteiger partial charge in [-0.2, -0.15) is 0 Å². The quantitative estimate of drug-likeness (QED) is 0.836. The Morgan fingerprint density at radius 2 is 2.12 bits per heavy atom. The van der Waals surface area contributed by atoms with E-state index in [0.717, 1.165) is 35.8 Å². The van der Waals surface area contributed by atoms with Crippen molar-refractivity contribution in [2.45, 2.75) is 39.7 Å². The van der Waals surface area contributed by atoms with Gasteiger partial charge < -0.3 is 5.73 Å². The van der Waals surface area contributed by atoms with Crippen molar-refractivity contribution in [3.8, 4) is 0 Å². The standard InChI is InChI=1S/C11H17N5/c1-4-9(12)6-11-15-14-10-5-7(2)13-8(3)16(10)11/h5,9H,4,6,12H2,1-3H3. The smallest absolute Gasteiger partial charge is 0.164 e. The molecule has 0 saturated heterocycles. The van der Waals surface area contributed by atoms with Crippen LogP contribution in [0.1, 0.15) is 30.7 Å². The maximum Gasteiger partial charge on any atom is 0.164 e. The molecule has 2 heterocycles. The largest absolute Gasteiger partial charge is 0.327 e. The van der Waals surface area contributed by atoms with Gasteiger partial charge in [0.05, 0.1) is 0 Å². The van der Waals surface area contributed by atoms with E-state index < -0.39 is 0 Å². The van der Waals surface area contributed by atoms with Crippen molar-refractivity contribution in [2.75, 3.05) is 0 Å². The van der Waals surface area contributed by atoms with E-state index in [2.05, 4.69) is 22.1 Å². The molecule has 2 aromatic rings. The molecule has 1 atom stereocenters. The predicted octanol–water partition coefficient (Wildman–Crippen LogP) is 1.02. The first-order chi connectivity index (χ1) is 7.61. The second-order valence-corrected chi connectivity index (χ2v) is 4.13. The molecule has 16 heavy (non-hydrogen) atoms. The van der Waals surface area contributed by atoms with Crippen LogP contribution in [0.4, 0.5) is 0 Å². The second-order valence-electron chi connectivity index (χ2n) is 4.13. The van der Waals surface area contributed by atoms with E-state index in [-0.39, 0.29) is 6.04 Å². The first kappa shape index (κ1) is 11.0. The minimum absolute atomic E-state index is 0.133. The van der Waals surface area contributed by atoms with Crippen molar-refractivity contribution in [3.05, 3.63) is 23.4 Å². The maximum atomic E-state index is 5.93. The molecule has 0 aliphatic rings. The highest BCUT2D eigenvalue weighted by Crippen LogP contribution is 2.09. The molecule has 0 saturated carbocycles. The van der Waals surface area contributed by atoms with Crippen LogP contribution in [0, 0.1) is 13.8 Å². The van der Waals surface area contributed by atoms with Crippen LogP contribution in [-0.2, 0) is 6.42 Å². The van der Waals surface area contributed by atoms with Crippen LogP contribution in [-0.4, -0.2) is 25.6 Å². The lowest BCUT2D eigenvalue weighted by Gasteiger charge is -2.08. The Balaban J connectivity index is 2.48. The fourth-order valence-electron chi connectivity index (χ4n) is 1.81. The Hall–Kier alpha value is -1.49. The summed E-state index contributed by atoms with van der Waals surface area (Å²) in [6, 6.07) is 2.06. The predicted molar refractivity (Wildman–Crippen MR) is 62.2 cm³/mol. The minimum Gasteiger partial charge on any atom is -0.327 e. The minimum atomic E-state index is 0.133. The summed E-state index contributed by atoms with van der Waals surface area (Å²) in [6.07, 6.45) is 1.68. The summed E-state index contributed by atoms with van der Waals surface area (Å²) >= 11 is 0. The van der Waals surface area contributed by atoms with E-state index in [9.17, 15) is 0 Å². The monoisotopic (exact) mass is 219 g/mol. The Morgan fingerprint density at radius 1 is 1.38 bits per heavy atom. The van der Waals surface area contributed by atoms with Crippen LogP contribution < -0.4 is 5.73 Å². The van der Waals surface area contributed by atoms with Gasteiger partial charge in [0.1, 0.15) is 11.6 Å². The molecular weight excluding hydrogens is 202 g/mol. The summed E-state index contributed by atoms with van der Waals surface area (Å²) in [5.41, 5.74) is 7.75. The summed E-state index contributed by atoms with van der Waals surface area (Å²) in [6.45, 7) is 5.99. The van der Waals surface area contributed by atoms with Gasteiger partial charge in [0.2, 0.25) is 0 Å². The third kappa shape index (κ3) is 1.90. The summed E-state index contributed by atoms with van der Waals surface area (Å²) in [4.78, 5) is 4.41. The third-order valence-electron chi connectivity index (χ3n) is 2.72. The zero-order valence-electron chi connectivity index (χ0n) is 9.94. The molecule has 5 nitrogen and oxygen atoms in total. The lowest BCUT2D eigenvalue weighted by Crippen LogP contribution is -2.23. The molecule has 0 spiro atoms. The van der Waals surface area contributed by atoms with Gasteiger partial charge in [0.15, 0.2) is 5.65 Å². The van der Waals surface area contributed by atoms with Crippen molar-refractivity contribution < 1.29 is 0 Å². The number of hydrogen-bond acceptors (Lipinski definition) is 4. The molecule has 2 rings (SSSR count). The average Bonchev–Trinajstić information content (AvgIpc) is 2.61.